The molecule has 2 aliphatic heterocycles. The van der Waals surface area contributed by atoms with Crippen LogP contribution in [0.15, 0.2) is 6.07 Å². The zero-order valence-electron chi connectivity index (χ0n) is 16.6. The largest absolute Gasteiger partial charge is 0.356 e. The second kappa shape index (κ2) is 7.80. The van der Waals surface area contributed by atoms with Crippen LogP contribution in [0.4, 0.5) is 11.8 Å². The van der Waals surface area contributed by atoms with Gasteiger partial charge in [-0.1, -0.05) is 0 Å². The number of nitrogens with zero attached hydrogens (tertiary/aromatic N) is 6. The van der Waals surface area contributed by atoms with E-state index in [4.69, 9.17) is 4.98 Å². The molecule has 2 N–H and O–H groups in total. The lowest BCUT2D eigenvalue weighted by Gasteiger charge is -2.34. The van der Waals surface area contributed by atoms with Crippen molar-refractivity contribution in [2.45, 2.75) is 58.5 Å². The summed E-state index contributed by atoms with van der Waals surface area (Å²) in [6.07, 6.45) is 4.67. The predicted octanol–water partition coefficient (Wildman–Crippen LogP) is 2.13. The number of aromatic amines is 1. The molecule has 146 valence electrons. The second-order valence-corrected chi connectivity index (χ2v) is 7.79. The van der Waals surface area contributed by atoms with Crippen LogP contribution < -0.4 is 15.1 Å². The molecule has 2 aromatic rings. The van der Waals surface area contributed by atoms with Gasteiger partial charge in [0, 0.05) is 44.0 Å². The van der Waals surface area contributed by atoms with E-state index in [1.165, 1.54) is 12.8 Å². The van der Waals surface area contributed by atoms with Crippen LogP contribution in [0.2, 0.25) is 0 Å². The van der Waals surface area contributed by atoms with Gasteiger partial charge < -0.3 is 15.1 Å². The van der Waals surface area contributed by atoms with E-state index < -0.39 is 0 Å². The standard InChI is InChI=1S/C19H30N8/c1-13-12-17(23-19(20-13)27-8-4-5-9-27)26-10-6-16(7-11-26)21-14(2)18-22-15(3)24-25-18/h12,14,16,21H,4-11H2,1-3H3,(H,22,24,25)/t14-/m0/s1. The van der Waals surface area contributed by atoms with Crippen LogP contribution in [0.3, 0.4) is 0 Å². The van der Waals surface area contributed by atoms with Crippen molar-refractivity contribution in [3.63, 3.8) is 0 Å². The Hall–Kier alpha value is -2.22. The summed E-state index contributed by atoms with van der Waals surface area (Å²) in [7, 11) is 0. The van der Waals surface area contributed by atoms with E-state index in [1.54, 1.807) is 0 Å². The molecule has 2 fully saturated rings. The van der Waals surface area contributed by atoms with Gasteiger partial charge in [0.15, 0.2) is 5.82 Å². The first-order valence-corrected chi connectivity index (χ1v) is 10.1. The number of aromatic nitrogens is 5. The lowest BCUT2D eigenvalue weighted by Crippen LogP contribution is -2.44. The highest BCUT2D eigenvalue weighted by molar-refractivity contribution is 5.46. The van der Waals surface area contributed by atoms with E-state index in [0.717, 1.165) is 68.1 Å². The third kappa shape index (κ3) is 4.21. The SMILES string of the molecule is Cc1cc(N2CCC(N[C@@H](C)c3n[nH]c(C)n3)CC2)nc(N2CCCC2)n1. The summed E-state index contributed by atoms with van der Waals surface area (Å²) >= 11 is 0. The third-order valence-electron chi connectivity index (χ3n) is 5.52. The minimum atomic E-state index is 0.162. The Morgan fingerprint density at radius 2 is 1.78 bits per heavy atom. The zero-order valence-corrected chi connectivity index (χ0v) is 16.6. The number of aryl methyl sites for hydroxylation is 2. The number of piperidine rings is 1. The smallest absolute Gasteiger partial charge is 0.227 e. The van der Waals surface area contributed by atoms with Gasteiger partial charge in [0.25, 0.3) is 0 Å². The average Bonchev–Trinajstić information content (AvgIpc) is 3.33. The van der Waals surface area contributed by atoms with Crippen molar-refractivity contribution in [1.29, 1.82) is 0 Å². The highest BCUT2D eigenvalue weighted by Crippen LogP contribution is 2.24. The van der Waals surface area contributed by atoms with Crippen LogP contribution in [0.5, 0.6) is 0 Å². The molecule has 1 atom stereocenters. The molecule has 0 saturated carbocycles. The van der Waals surface area contributed by atoms with Crippen LogP contribution in [-0.4, -0.2) is 57.4 Å². The van der Waals surface area contributed by atoms with Crippen molar-refractivity contribution in [3.8, 4) is 0 Å². The number of hydrogen-bond donors (Lipinski definition) is 2. The molecule has 8 nitrogen and oxygen atoms in total. The molecule has 0 aromatic carbocycles. The first kappa shape index (κ1) is 18.2. The van der Waals surface area contributed by atoms with Gasteiger partial charge in [0.05, 0.1) is 6.04 Å². The van der Waals surface area contributed by atoms with Crippen LogP contribution in [0, 0.1) is 13.8 Å². The van der Waals surface area contributed by atoms with Crippen molar-refractivity contribution in [3.05, 3.63) is 23.4 Å². The van der Waals surface area contributed by atoms with Gasteiger partial charge in [-0.3, -0.25) is 5.10 Å². The normalized spacial score (nSPS) is 19.7. The first-order valence-electron chi connectivity index (χ1n) is 10.1. The molecule has 0 unspecified atom stereocenters. The van der Waals surface area contributed by atoms with Gasteiger partial charge in [-0.15, -0.1) is 0 Å². The third-order valence-corrected chi connectivity index (χ3v) is 5.52. The summed E-state index contributed by atoms with van der Waals surface area (Å²) < 4.78 is 0. The lowest BCUT2D eigenvalue weighted by atomic mass is 10.0. The molecule has 2 aliphatic rings. The molecule has 0 bridgehead atoms. The van der Waals surface area contributed by atoms with E-state index in [-0.39, 0.29) is 6.04 Å². The van der Waals surface area contributed by atoms with Gasteiger partial charge in [-0.25, -0.2) is 9.97 Å². The molecule has 0 spiro atoms. The minimum absolute atomic E-state index is 0.162. The highest BCUT2D eigenvalue weighted by Gasteiger charge is 2.24. The van der Waals surface area contributed by atoms with Gasteiger partial charge in [-0.05, 0) is 46.5 Å². The van der Waals surface area contributed by atoms with E-state index in [2.05, 4.69) is 55.2 Å². The maximum Gasteiger partial charge on any atom is 0.227 e. The van der Waals surface area contributed by atoms with Crippen LogP contribution in [-0.2, 0) is 0 Å². The molecular formula is C19H30N8. The van der Waals surface area contributed by atoms with Crippen molar-refractivity contribution in [2.75, 3.05) is 36.0 Å². The topological polar surface area (TPSA) is 85.9 Å². The van der Waals surface area contributed by atoms with Gasteiger partial charge >= 0.3 is 0 Å². The molecule has 4 heterocycles. The second-order valence-electron chi connectivity index (χ2n) is 7.79. The average molecular weight is 371 g/mol. The van der Waals surface area contributed by atoms with Gasteiger partial charge in [0.1, 0.15) is 11.6 Å². The number of H-pyrrole nitrogens is 1. The fourth-order valence-electron chi connectivity index (χ4n) is 4.01. The summed E-state index contributed by atoms with van der Waals surface area (Å²) in [6, 6.07) is 2.76. The molecular weight excluding hydrogens is 340 g/mol. The van der Waals surface area contributed by atoms with E-state index in [9.17, 15) is 0 Å². The monoisotopic (exact) mass is 370 g/mol. The summed E-state index contributed by atoms with van der Waals surface area (Å²) in [6.45, 7) is 10.3. The number of hydrogen-bond acceptors (Lipinski definition) is 7. The van der Waals surface area contributed by atoms with Gasteiger partial charge in [0.2, 0.25) is 5.95 Å². The Balaban J connectivity index is 1.36. The fourth-order valence-corrected chi connectivity index (χ4v) is 4.01. The number of nitrogens with one attached hydrogen (secondary N) is 2. The maximum absolute atomic E-state index is 4.87. The van der Waals surface area contributed by atoms with E-state index in [1.807, 2.05) is 6.92 Å². The minimum Gasteiger partial charge on any atom is -0.356 e. The zero-order chi connectivity index (χ0) is 18.8. The molecule has 2 aromatic heterocycles. The quantitative estimate of drug-likeness (QED) is 0.834. The Labute approximate surface area is 160 Å². The predicted molar refractivity (Wildman–Crippen MR) is 106 cm³/mol. The van der Waals surface area contributed by atoms with Gasteiger partial charge in [-0.2, -0.15) is 10.1 Å². The van der Waals surface area contributed by atoms with Crippen molar-refractivity contribution < 1.29 is 0 Å². The molecule has 0 amide bonds. The molecule has 4 rings (SSSR count). The summed E-state index contributed by atoms with van der Waals surface area (Å²) in [5.74, 6) is 3.68. The molecule has 8 heteroatoms. The van der Waals surface area contributed by atoms with E-state index >= 15 is 0 Å². The molecule has 0 aliphatic carbocycles. The fraction of sp³-hybridized carbons (Fsp3) is 0.684. The van der Waals surface area contributed by atoms with Crippen molar-refractivity contribution in [2.24, 2.45) is 0 Å². The van der Waals surface area contributed by atoms with Crippen LogP contribution >= 0.6 is 0 Å². The molecule has 27 heavy (non-hydrogen) atoms. The first-order chi connectivity index (χ1) is 13.1. The molecule has 2 saturated heterocycles. The molecule has 0 radical (unpaired) electrons. The Bertz CT molecular complexity index is 759. The maximum atomic E-state index is 4.87. The Kier molecular flexibility index (Phi) is 5.24. The number of rotatable bonds is 5. The van der Waals surface area contributed by atoms with Crippen molar-refractivity contribution >= 4 is 11.8 Å². The van der Waals surface area contributed by atoms with E-state index in [0.29, 0.717) is 6.04 Å². The number of anilines is 2. The lowest BCUT2D eigenvalue weighted by molar-refractivity contribution is 0.373. The Morgan fingerprint density at radius 3 is 2.44 bits per heavy atom. The summed E-state index contributed by atoms with van der Waals surface area (Å²) in [5.41, 5.74) is 1.05. The summed E-state index contributed by atoms with van der Waals surface area (Å²) in [4.78, 5) is 18.7. The van der Waals surface area contributed by atoms with Crippen molar-refractivity contribution in [1.82, 2.24) is 30.5 Å². The highest BCUT2D eigenvalue weighted by atomic mass is 15.3. The van der Waals surface area contributed by atoms with Crippen LogP contribution in [0.25, 0.3) is 0 Å². The Morgan fingerprint density at radius 1 is 1.04 bits per heavy atom. The van der Waals surface area contributed by atoms with Crippen LogP contribution in [0.1, 0.15) is 56.0 Å². The summed E-state index contributed by atoms with van der Waals surface area (Å²) in [5, 5.41) is 10.9.